The third kappa shape index (κ3) is 5.42. The zero-order valence-corrected chi connectivity index (χ0v) is 15.0. The van der Waals surface area contributed by atoms with Crippen LogP contribution in [0.25, 0.3) is 0 Å². The smallest absolute Gasteiger partial charge is 0.419 e. The standard InChI is InChI=1S/C17H19F3N6O2/c1-23-9-15(26-22)16(27)25-10-2-4-11(5-3-10)28-12-6-13(17(18,19)20)14(7-21)24-8-12/h6,8-11H,2-5,22H2,1H3,(H,25,27). The lowest BCUT2D eigenvalue weighted by molar-refractivity contribution is -0.138. The first kappa shape index (κ1) is 21.1. The molecule has 11 heteroatoms. The SMILES string of the molecule is CN=CC(=NN)C(=O)NC1CCC(Oc2cnc(C#N)c(C(F)(F)F)c2)CC1. The van der Waals surface area contributed by atoms with Crippen molar-refractivity contribution in [1.29, 1.82) is 5.26 Å². The molecule has 1 aromatic rings. The van der Waals surface area contributed by atoms with Crippen molar-refractivity contribution in [3.8, 4) is 11.8 Å². The molecule has 0 aliphatic heterocycles. The largest absolute Gasteiger partial charge is 0.489 e. The van der Waals surface area contributed by atoms with Gasteiger partial charge < -0.3 is 15.9 Å². The Kier molecular flexibility index (Phi) is 6.92. The average molecular weight is 396 g/mol. The minimum absolute atomic E-state index is 0.00390. The Balaban J connectivity index is 1.94. The quantitative estimate of drug-likeness (QED) is 0.446. The highest BCUT2D eigenvalue weighted by Crippen LogP contribution is 2.34. The van der Waals surface area contributed by atoms with Gasteiger partial charge >= 0.3 is 6.18 Å². The number of hydrogen-bond donors (Lipinski definition) is 2. The molecule has 3 N–H and O–H groups in total. The molecule has 0 bridgehead atoms. The highest BCUT2D eigenvalue weighted by atomic mass is 19.4. The molecule has 1 aliphatic rings. The predicted octanol–water partition coefficient (Wildman–Crippen LogP) is 1.79. The number of nitrogens with two attached hydrogens (primary N) is 1. The number of nitriles is 1. The number of aliphatic imine (C=N–C) groups is 1. The van der Waals surface area contributed by atoms with Crippen molar-refractivity contribution in [3.63, 3.8) is 0 Å². The van der Waals surface area contributed by atoms with Gasteiger partial charge in [-0.2, -0.15) is 23.5 Å². The predicted molar refractivity (Wildman–Crippen MR) is 94.8 cm³/mol. The molecule has 8 nitrogen and oxygen atoms in total. The maximum atomic E-state index is 13.0. The van der Waals surface area contributed by atoms with Crippen LogP contribution in [-0.2, 0) is 11.0 Å². The minimum Gasteiger partial charge on any atom is -0.489 e. The van der Waals surface area contributed by atoms with Crippen LogP contribution in [0.3, 0.4) is 0 Å². The van der Waals surface area contributed by atoms with E-state index in [2.05, 4.69) is 20.4 Å². The zero-order valence-electron chi connectivity index (χ0n) is 15.0. The van der Waals surface area contributed by atoms with Crippen LogP contribution in [0.5, 0.6) is 5.75 Å². The van der Waals surface area contributed by atoms with Crippen molar-refractivity contribution in [2.75, 3.05) is 7.05 Å². The van der Waals surface area contributed by atoms with E-state index in [1.807, 2.05) is 0 Å². The van der Waals surface area contributed by atoms with E-state index in [-0.39, 0.29) is 23.6 Å². The van der Waals surface area contributed by atoms with Crippen LogP contribution < -0.4 is 15.9 Å². The Morgan fingerprint density at radius 1 is 1.43 bits per heavy atom. The Hall–Kier alpha value is -3.16. The van der Waals surface area contributed by atoms with Gasteiger partial charge in [0, 0.05) is 13.1 Å². The number of ether oxygens (including phenoxy) is 1. The van der Waals surface area contributed by atoms with Crippen molar-refractivity contribution in [3.05, 3.63) is 23.5 Å². The average Bonchev–Trinajstić information content (AvgIpc) is 2.66. The Labute approximate surface area is 159 Å². The summed E-state index contributed by atoms with van der Waals surface area (Å²) in [6, 6.07) is 2.08. The molecule has 0 aromatic carbocycles. The van der Waals surface area contributed by atoms with Crippen LogP contribution >= 0.6 is 0 Å². The Morgan fingerprint density at radius 3 is 2.64 bits per heavy atom. The molecule has 0 radical (unpaired) electrons. The Morgan fingerprint density at radius 2 is 2.11 bits per heavy atom. The molecule has 0 spiro atoms. The molecular weight excluding hydrogens is 377 g/mol. The molecule has 28 heavy (non-hydrogen) atoms. The van der Waals surface area contributed by atoms with Crippen LogP contribution in [0, 0.1) is 11.3 Å². The van der Waals surface area contributed by atoms with E-state index in [9.17, 15) is 18.0 Å². The molecule has 1 saturated carbocycles. The van der Waals surface area contributed by atoms with E-state index < -0.39 is 23.3 Å². The molecule has 1 heterocycles. The zero-order chi connectivity index (χ0) is 20.7. The molecule has 1 aliphatic carbocycles. The molecule has 1 aromatic heterocycles. The van der Waals surface area contributed by atoms with Gasteiger partial charge in [0.15, 0.2) is 11.4 Å². The summed E-state index contributed by atoms with van der Waals surface area (Å²) in [6.45, 7) is 0. The third-order valence-electron chi connectivity index (χ3n) is 4.21. The summed E-state index contributed by atoms with van der Waals surface area (Å²) < 4.78 is 44.6. The lowest BCUT2D eigenvalue weighted by atomic mass is 9.92. The highest BCUT2D eigenvalue weighted by Gasteiger charge is 2.35. The lowest BCUT2D eigenvalue weighted by Gasteiger charge is -2.29. The first-order valence-electron chi connectivity index (χ1n) is 8.43. The summed E-state index contributed by atoms with van der Waals surface area (Å²) in [4.78, 5) is 19.2. The van der Waals surface area contributed by atoms with Crippen molar-refractivity contribution in [2.45, 2.75) is 44.0 Å². The van der Waals surface area contributed by atoms with Crippen LogP contribution in [0.4, 0.5) is 13.2 Å². The van der Waals surface area contributed by atoms with Crippen molar-refractivity contribution in [1.82, 2.24) is 10.3 Å². The van der Waals surface area contributed by atoms with E-state index in [1.54, 1.807) is 0 Å². The van der Waals surface area contributed by atoms with E-state index in [0.717, 1.165) is 12.3 Å². The molecule has 0 atom stereocenters. The van der Waals surface area contributed by atoms with Gasteiger partial charge in [0.25, 0.3) is 5.91 Å². The second-order valence-electron chi connectivity index (χ2n) is 6.14. The van der Waals surface area contributed by atoms with Crippen molar-refractivity contribution in [2.24, 2.45) is 15.9 Å². The number of rotatable bonds is 5. The molecular formula is C17H19F3N6O2. The summed E-state index contributed by atoms with van der Waals surface area (Å²) in [5.74, 6) is 4.66. The van der Waals surface area contributed by atoms with Crippen molar-refractivity contribution < 1.29 is 22.7 Å². The van der Waals surface area contributed by atoms with Crippen molar-refractivity contribution >= 4 is 17.8 Å². The number of pyridine rings is 1. The fourth-order valence-corrected chi connectivity index (χ4v) is 2.86. The highest BCUT2D eigenvalue weighted by molar-refractivity contribution is 6.60. The van der Waals surface area contributed by atoms with Gasteiger partial charge in [0.1, 0.15) is 11.8 Å². The van der Waals surface area contributed by atoms with Crippen LogP contribution in [0.2, 0.25) is 0 Å². The van der Waals surface area contributed by atoms with Gasteiger partial charge in [-0.1, -0.05) is 0 Å². The van der Waals surface area contributed by atoms with Crippen LogP contribution in [-0.4, -0.2) is 42.0 Å². The van der Waals surface area contributed by atoms with Crippen LogP contribution in [0.1, 0.15) is 36.9 Å². The molecule has 1 fully saturated rings. The maximum absolute atomic E-state index is 13.0. The first-order chi connectivity index (χ1) is 13.3. The Bertz CT molecular complexity index is 808. The third-order valence-corrected chi connectivity index (χ3v) is 4.21. The summed E-state index contributed by atoms with van der Waals surface area (Å²) in [5.41, 5.74) is -1.82. The summed E-state index contributed by atoms with van der Waals surface area (Å²) >= 11 is 0. The number of amides is 1. The molecule has 1 amide bonds. The van der Waals surface area contributed by atoms with E-state index in [1.165, 1.54) is 19.3 Å². The lowest BCUT2D eigenvalue weighted by Crippen LogP contribution is -2.43. The van der Waals surface area contributed by atoms with Gasteiger partial charge in [-0.3, -0.25) is 9.79 Å². The number of carbonyl (C=O) groups excluding carboxylic acids is 1. The molecule has 150 valence electrons. The number of halogens is 3. The topological polar surface area (TPSA) is 126 Å². The van der Waals surface area contributed by atoms with Crippen LogP contribution in [0.15, 0.2) is 22.4 Å². The van der Waals surface area contributed by atoms with Gasteiger partial charge in [0.05, 0.1) is 24.1 Å². The van der Waals surface area contributed by atoms with E-state index >= 15 is 0 Å². The van der Waals surface area contributed by atoms with E-state index in [0.29, 0.717) is 25.7 Å². The number of nitrogens with zero attached hydrogens (tertiary/aromatic N) is 4. The number of carbonyl (C=O) groups is 1. The number of alkyl halides is 3. The van der Waals surface area contributed by atoms with E-state index in [4.69, 9.17) is 15.8 Å². The second-order valence-corrected chi connectivity index (χ2v) is 6.14. The fourth-order valence-electron chi connectivity index (χ4n) is 2.86. The number of hydrazone groups is 1. The monoisotopic (exact) mass is 396 g/mol. The van der Waals surface area contributed by atoms with Gasteiger partial charge in [0.2, 0.25) is 0 Å². The van der Waals surface area contributed by atoms with Gasteiger partial charge in [-0.15, -0.1) is 0 Å². The first-order valence-corrected chi connectivity index (χ1v) is 8.43. The second kappa shape index (κ2) is 9.16. The summed E-state index contributed by atoms with van der Waals surface area (Å²) in [5, 5.41) is 14.9. The number of aromatic nitrogens is 1. The normalized spacial score (nSPS) is 20.6. The summed E-state index contributed by atoms with van der Waals surface area (Å²) in [7, 11) is 1.49. The molecule has 0 unspecified atom stereocenters. The molecule has 0 saturated heterocycles. The maximum Gasteiger partial charge on any atom is 0.419 e. The summed E-state index contributed by atoms with van der Waals surface area (Å²) in [6.07, 6.45) is -0.434. The van der Waals surface area contributed by atoms with Gasteiger partial charge in [-0.05, 0) is 31.7 Å². The molecule has 2 rings (SSSR count). The number of hydrogen-bond acceptors (Lipinski definition) is 7. The number of nitrogens with one attached hydrogen (secondary N) is 1. The minimum atomic E-state index is -4.69. The fraction of sp³-hybridized carbons (Fsp3) is 0.471. The van der Waals surface area contributed by atoms with Gasteiger partial charge in [-0.25, -0.2) is 4.98 Å².